The highest BCUT2D eigenvalue weighted by molar-refractivity contribution is 7.13. The molecule has 5 aromatic rings. The summed E-state index contributed by atoms with van der Waals surface area (Å²) >= 11 is 7.55. The molecule has 1 aliphatic heterocycles. The molecule has 3 aromatic heterocycles. The van der Waals surface area contributed by atoms with Crippen LogP contribution in [0.25, 0.3) is 10.1 Å². The number of nitrogens with one attached hydrogen (secondary N) is 4. The third kappa shape index (κ3) is 4.59. The number of aromatic amines is 1. The maximum atomic E-state index is 14.2. The van der Waals surface area contributed by atoms with Crippen LogP contribution in [0.1, 0.15) is 44.1 Å². The van der Waals surface area contributed by atoms with Crippen molar-refractivity contribution in [2.75, 3.05) is 5.32 Å². The zero-order valence-electron chi connectivity index (χ0n) is 19.7. The van der Waals surface area contributed by atoms with Gasteiger partial charge in [-0.05, 0) is 35.8 Å². The first kappa shape index (κ1) is 24.6. The van der Waals surface area contributed by atoms with Gasteiger partial charge in [-0.15, -0.1) is 5.10 Å². The van der Waals surface area contributed by atoms with E-state index in [2.05, 4.69) is 40.7 Å². The topological polar surface area (TPSA) is 160 Å². The Kier molecular flexibility index (Phi) is 6.24. The van der Waals surface area contributed by atoms with Gasteiger partial charge in [-0.25, -0.2) is 9.37 Å². The van der Waals surface area contributed by atoms with Gasteiger partial charge in [-0.1, -0.05) is 35.0 Å². The second kappa shape index (κ2) is 9.89. The number of anilines is 1. The molecule has 1 aliphatic rings. The van der Waals surface area contributed by atoms with Gasteiger partial charge in [-0.2, -0.15) is 4.37 Å². The largest absolute Gasteiger partial charge is 0.344 e. The van der Waals surface area contributed by atoms with Crippen molar-refractivity contribution < 1.29 is 18.8 Å². The molecule has 15 heteroatoms. The Morgan fingerprint density at radius 1 is 1.21 bits per heavy atom. The molecule has 12 nitrogen and oxygen atoms in total. The normalized spacial score (nSPS) is 14.6. The standard InChI is InChI=1S/C24H17ClFN9O3S/c25-15-6-5-11(26)7-14(15)18-20-21(31-23(37)19-13-3-1-2-4-16(13)39-33-19)30-22(35(20)10-17(36)29-18)24(38)27-8-12-9-28-34-32-12/h1-7,9,18H,8,10H2,(H,27,38)(H,29,36)(H,31,37)(H,28,32,34)/t18-/m1/s1. The Bertz CT molecular complexity index is 1750. The average molecular weight is 566 g/mol. The Labute approximate surface area is 227 Å². The molecule has 2 aromatic carbocycles. The van der Waals surface area contributed by atoms with E-state index in [1.54, 1.807) is 12.1 Å². The van der Waals surface area contributed by atoms with Crippen LogP contribution in [0.15, 0.2) is 48.7 Å². The maximum absolute atomic E-state index is 14.2. The molecule has 0 aliphatic carbocycles. The molecule has 0 bridgehead atoms. The van der Waals surface area contributed by atoms with Gasteiger partial charge in [0.15, 0.2) is 5.82 Å². The summed E-state index contributed by atoms with van der Waals surface area (Å²) in [4.78, 5) is 43.7. The second-order valence-electron chi connectivity index (χ2n) is 8.55. The third-order valence-corrected chi connectivity index (χ3v) is 7.25. The number of carbonyl (C=O) groups excluding carboxylic acids is 3. The molecule has 4 N–H and O–H groups in total. The van der Waals surface area contributed by atoms with Crippen molar-refractivity contribution in [1.29, 1.82) is 0 Å². The smallest absolute Gasteiger partial charge is 0.287 e. The zero-order chi connectivity index (χ0) is 27.1. The van der Waals surface area contributed by atoms with Crippen LogP contribution in [-0.4, -0.2) is 47.1 Å². The van der Waals surface area contributed by atoms with Crippen LogP contribution in [0.3, 0.4) is 0 Å². The van der Waals surface area contributed by atoms with E-state index in [0.29, 0.717) is 11.1 Å². The fourth-order valence-electron chi connectivity index (χ4n) is 4.34. The highest BCUT2D eigenvalue weighted by Gasteiger charge is 2.36. The van der Waals surface area contributed by atoms with E-state index < -0.39 is 29.6 Å². The van der Waals surface area contributed by atoms with Gasteiger partial charge in [0.25, 0.3) is 11.8 Å². The van der Waals surface area contributed by atoms with Gasteiger partial charge >= 0.3 is 0 Å². The zero-order valence-corrected chi connectivity index (χ0v) is 21.3. The van der Waals surface area contributed by atoms with Crippen LogP contribution in [0.5, 0.6) is 0 Å². The van der Waals surface area contributed by atoms with Crippen LogP contribution in [0.2, 0.25) is 5.02 Å². The number of halogens is 2. The Hall–Kier alpha value is -4.69. The first-order valence-electron chi connectivity index (χ1n) is 11.5. The number of imidazole rings is 1. The molecule has 0 saturated heterocycles. The van der Waals surface area contributed by atoms with Crippen molar-refractivity contribution in [2.24, 2.45) is 0 Å². The van der Waals surface area contributed by atoms with Gasteiger partial charge in [-0.3, -0.25) is 19.5 Å². The van der Waals surface area contributed by atoms with E-state index in [4.69, 9.17) is 11.6 Å². The number of nitrogens with zero attached hydrogens (tertiary/aromatic N) is 5. The summed E-state index contributed by atoms with van der Waals surface area (Å²) in [5.41, 5.74) is 1.13. The van der Waals surface area contributed by atoms with E-state index >= 15 is 0 Å². The third-order valence-electron chi connectivity index (χ3n) is 6.08. The molecule has 0 saturated carbocycles. The predicted molar refractivity (Wildman–Crippen MR) is 139 cm³/mol. The molecule has 0 spiro atoms. The molecule has 39 heavy (non-hydrogen) atoms. The van der Waals surface area contributed by atoms with E-state index in [1.165, 1.54) is 40.5 Å². The fraction of sp³-hybridized carbons (Fsp3) is 0.125. The number of amides is 3. The van der Waals surface area contributed by atoms with Crippen molar-refractivity contribution in [3.8, 4) is 0 Å². The van der Waals surface area contributed by atoms with E-state index in [0.717, 1.165) is 4.70 Å². The van der Waals surface area contributed by atoms with Crippen LogP contribution >= 0.6 is 23.1 Å². The number of hydrogen-bond acceptors (Lipinski definition) is 8. The molecule has 0 radical (unpaired) electrons. The molecule has 6 rings (SSSR count). The first-order valence-corrected chi connectivity index (χ1v) is 12.7. The summed E-state index contributed by atoms with van der Waals surface area (Å²) in [5, 5.41) is 19.0. The summed E-state index contributed by atoms with van der Waals surface area (Å²) in [6, 6.07) is 9.97. The molecule has 4 heterocycles. The number of hydrogen-bond donors (Lipinski definition) is 4. The number of fused-ring (bicyclic) bond motifs is 2. The number of H-pyrrole nitrogens is 1. The van der Waals surface area contributed by atoms with Gasteiger partial charge in [0, 0.05) is 22.2 Å². The molecule has 196 valence electrons. The first-order chi connectivity index (χ1) is 18.9. The molecule has 0 fully saturated rings. The monoisotopic (exact) mass is 565 g/mol. The van der Waals surface area contributed by atoms with Crippen molar-refractivity contribution in [1.82, 2.24) is 40.0 Å². The van der Waals surface area contributed by atoms with Gasteiger partial charge in [0.1, 0.15) is 23.7 Å². The predicted octanol–water partition coefficient (Wildman–Crippen LogP) is 2.80. The summed E-state index contributed by atoms with van der Waals surface area (Å²) < 4.78 is 20.7. The van der Waals surface area contributed by atoms with Gasteiger partial charge < -0.3 is 20.5 Å². The summed E-state index contributed by atoms with van der Waals surface area (Å²) in [7, 11) is 0. The van der Waals surface area contributed by atoms with Crippen molar-refractivity contribution in [3.05, 3.63) is 88.0 Å². The van der Waals surface area contributed by atoms with Gasteiger partial charge in [0.2, 0.25) is 11.7 Å². The molecular formula is C24H17ClFN9O3S. The SMILES string of the molecule is O=C1Cn2c(C(=O)NCc3c[nH]nn3)nc(NC(=O)c3nsc4ccccc34)c2[C@@H](c2cc(F)ccc2Cl)N1. The minimum atomic E-state index is -1.01. The van der Waals surface area contributed by atoms with Crippen molar-refractivity contribution in [3.63, 3.8) is 0 Å². The van der Waals surface area contributed by atoms with Crippen LogP contribution in [0, 0.1) is 5.82 Å². The Morgan fingerprint density at radius 3 is 2.87 bits per heavy atom. The lowest BCUT2D eigenvalue weighted by atomic mass is 10.0. The number of rotatable bonds is 6. The minimum Gasteiger partial charge on any atom is -0.344 e. The highest BCUT2D eigenvalue weighted by atomic mass is 35.5. The lowest BCUT2D eigenvalue weighted by molar-refractivity contribution is -0.123. The summed E-state index contributed by atoms with van der Waals surface area (Å²) in [6.07, 6.45) is 1.51. The summed E-state index contributed by atoms with van der Waals surface area (Å²) in [5.74, 6) is -2.38. The number of aromatic nitrogens is 6. The Balaban J connectivity index is 1.43. The average Bonchev–Trinajstić information content (AvgIpc) is 3.67. The highest BCUT2D eigenvalue weighted by Crippen LogP contribution is 2.36. The molecular weight excluding hydrogens is 549 g/mol. The van der Waals surface area contributed by atoms with Crippen LogP contribution in [0.4, 0.5) is 10.2 Å². The number of benzene rings is 2. The van der Waals surface area contributed by atoms with Crippen LogP contribution in [-0.2, 0) is 17.9 Å². The lowest BCUT2D eigenvalue weighted by Crippen LogP contribution is -2.41. The molecule has 0 unspecified atom stereocenters. The fourth-order valence-corrected chi connectivity index (χ4v) is 5.34. The lowest BCUT2D eigenvalue weighted by Gasteiger charge is -2.28. The molecule has 1 atom stereocenters. The quantitative estimate of drug-likeness (QED) is 0.246. The maximum Gasteiger partial charge on any atom is 0.287 e. The van der Waals surface area contributed by atoms with Crippen LogP contribution < -0.4 is 16.0 Å². The van der Waals surface area contributed by atoms with E-state index in [1.807, 2.05) is 12.1 Å². The van der Waals surface area contributed by atoms with E-state index in [-0.39, 0.29) is 46.7 Å². The summed E-state index contributed by atoms with van der Waals surface area (Å²) in [6.45, 7) is -0.233. The van der Waals surface area contributed by atoms with E-state index in [9.17, 15) is 18.8 Å². The van der Waals surface area contributed by atoms with Gasteiger partial charge in [0.05, 0.1) is 23.0 Å². The van der Waals surface area contributed by atoms with Crippen molar-refractivity contribution >= 4 is 56.8 Å². The van der Waals surface area contributed by atoms with Crippen molar-refractivity contribution in [2.45, 2.75) is 19.1 Å². The molecule has 3 amide bonds. The minimum absolute atomic E-state index is 0.00556. The number of carbonyl (C=O) groups is 3. The Morgan fingerprint density at radius 2 is 2.05 bits per heavy atom. The second-order valence-corrected chi connectivity index (χ2v) is 9.76.